The molecule has 0 radical (unpaired) electrons. The number of benzene rings is 2. The average Bonchev–Trinajstić information content (AvgIpc) is 2.73. The standard InChI is InChI=1S/C20H20O8/c21-14-15(22)17(19(25)26-11-12-7-3-1-4-8-12)27-20(16(14)23)28-18(24)13-9-5-2-6-10-13/h1-10,14-17,20-23H,11H2/t14-,15-,16+,17-,20-/m0/s1. The second-order valence-electron chi connectivity index (χ2n) is 6.26. The van der Waals surface area contributed by atoms with Crippen molar-refractivity contribution in [1.29, 1.82) is 0 Å². The molecule has 0 aromatic heterocycles. The molecule has 0 spiro atoms. The summed E-state index contributed by atoms with van der Waals surface area (Å²) in [4.78, 5) is 24.5. The molecule has 1 saturated heterocycles. The van der Waals surface area contributed by atoms with E-state index in [1.807, 2.05) is 6.07 Å². The van der Waals surface area contributed by atoms with Gasteiger partial charge in [0.1, 0.15) is 24.9 Å². The van der Waals surface area contributed by atoms with E-state index in [0.717, 1.165) is 0 Å². The minimum Gasteiger partial charge on any atom is -0.459 e. The fourth-order valence-corrected chi connectivity index (χ4v) is 2.70. The zero-order valence-electron chi connectivity index (χ0n) is 14.8. The molecule has 28 heavy (non-hydrogen) atoms. The molecule has 0 saturated carbocycles. The highest BCUT2D eigenvalue weighted by Crippen LogP contribution is 2.24. The van der Waals surface area contributed by atoms with Crippen molar-refractivity contribution >= 4 is 11.9 Å². The van der Waals surface area contributed by atoms with Crippen molar-refractivity contribution in [3.8, 4) is 0 Å². The van der Waals surface area contributed by atoms with Gasteiger partial charge < -0.3 is 29.5 Å². The van der Waals surface area contributed by atoms with Crippen LogP contribution in [0.1, 0.15) is 15.9 Å². The van der Waals surface area contributed by atoms with Crippen molar-refractivity contribution in [3.63, 3.8) is 0 Å². The number of esters is 2. The van der Waals surface area contributed by atoms with E-state index >= 15 is 0 Å². The van der Waals surface area contributed by atoms with E-state index in [1.54, 1.807) is 42.5 Å². The largest absolute Gasteiger partial charge is 0.459 e. The molecule has 0 aliphatic carbocycles. The minimum atomic E-state index is -1.77. The molecule has 3 rings (SSSR count). The highest BCUT2D eigenvalue weighted by Gasteiger charge is 2.49. The molecule has 3 N–H and O–H groups in total. The van der Waals surface area contributed by atoms with Crippen LogP contribution in [0.3, 0.4) is 0 Å². The summed E-state index contributed by atoms with van der Waals surface area (Å²) in [5.74, 6) is -1.77. The molecule has 8 heteroatoms. The maximum absolute atomic E-state index is 12.3. The first-order chi connectivity index (χ1) is 13.5. The highest BCUT2D eigenvalue weighted by molar-refractivity contribution is 5.89. The zero-order chi connectivity index (χ0) is 20.1. The van der Waals surface area contributed by atoms with Crippen molar-refractivity contribution in [3.05, 3.63) is 71.8 Å². The van der Waals surface area contributed by atoms with Crippen LogP contribution in [-0.2, 0) is 25.6 Å². The molecule has 8 nitrogen and oxygen atoms in total. The minimum absolute atomic E-state index is 0.0701. The van der Waals surface area contributed by atoms with Crippen LogP contribution in [0, 0.1) is 0 Å². The van der Waals surface area contributed by atoms with E-state index in [0.29, 0.717) is 5.56 Å². The Morgan fingerprint density at radius 1 is 0.857 bits per heavy atom. The zero-order valence-corrected chi connectivity index (χ0v) is 14.8. The van der Waals surface area contributed by atoms with Gasteiger partial charge >= 0.3 is 11.9 Å². The Morgan fingerprint density at radius 2 is 1.46 bits per heavy atom. The van der Waals surface area contributed by atoms with Crippen molar-refractivity contribution in [1.82, 2.24) is 0 Å². The molecular formula is C20H20O8. The van der Waals surface area contributed by atoms with Gasteiger partial charge in [-0.3, -0.25) is 0 Å². The summed E-state index contributed by atoms with van der Waals surface area (Å²) in [5.41, 5.74) is 0.913. The lowest BCUT2D eigenvalue weighted by molar-refractivity contribution is -0.280. The van der Waals surface area contributed by atoms with Gasteiger partial charge in [-0.15, -0.1) is 0 Å². The maximum Gasteiger partial charge on any atom is 0.340 e. The number of carbonyl (C=O) groups excluding carboxylic acids is 2. The summed E-state index contributed by atoms with van der Waals surface area (Å²) >= 11 is 0. The summed E-state index contributed by atoms with van der Waals surface area (Å²) in [5, 5.41) is 30.1. The smallest absolute Gasteiger partial charge is 0.340 e. The molecule has 1 heterocycles. The molecule has 0 unspecified atom stereocenters. The third-order valence-corrected chi connectivity index (χ3v) is 4.26. The summed E-state index contributed by atoms with van der Waals surface area (Å²) in [6, 6.07) is 16.8. The predicted octanol–water partition coefficient (Wildman–Crippen LogP) is 0.394. The Labute approximate surface area is 160 Å². The number of hydrogen-bond donors (Lipinski definition) is 3. The summed E-state index contributed by atoms with van der Waals surface area (Å²) in [7, 11) is 0. The molecule has 0 bridgehead atoms. The SMILES string of the molecule is O=C(O[C@@H]1O[C@H](C(=O)OCc2ccccc2)[C@@H](O)[C@H](O)[C@H]1O)c1ccccc1. The Balaban J connectivity index is 1.66. The first kappa shape index (κ1) is 20.0. The van der Waals surface area contributed by atoms with Gasteiger partial charge in [0.2, 0.25) is 6.29 Å². The van der Waals surface area contributed by atoms with Gasteiger partial charge in [-0.05, 0) is 17.7 Å². The van der Waals surface area contributed by atoms with Crippen molar-refractivity contribution in [2.45, 2.75) is 37.3 Å². The second-order valence-corrected chi connectivity index (χ2v) is 6.26. The summed E-state index contributed by atoms with van der Waals surface area (Å²) in [6.07, 6.45) is -8.53. The Bertz CT molecular complexity index is 794. The van der Waals surface area contributed by atoms with Gasteiger partial charge in [-0.2, -0.15) is 0 Å². The van der Waals surface area contributed by atoms with E-state index in [4.69, 9.17) is 14.2 Å². The fourth-order valence-electron chi connectivity index (χ4n) is 2.70. The van der Waals surface area contributed by atoms with Gasteiger partial charge in [-0.25, -0.2) is 9.59 Å². The number of ether oxygens (including phenoxy) is 3. The molecular weight excluding hydrogens is 368 g/mol. The predicted molar refractivity (Wildman–Crippen MR) is 94.8 cm³/mol. The number of rotatable bonds is 5. The summed E-state index contributed by atoms with van der Waals surface area (Å²) < 4.78 is 15.4. The van der Waals surface area contributed by atoms with Gasteiger partial charge in [0.15, 0.2) is 6.10 Å². The van der Waals surface area contributed by atoms with Crippen LogP contribution in [0.5, 0.6) is 0 Å². The molecule has 148 valence electrons. The molecule has 1 fully saturated rings. The lowest BCUT2D eigenvalue weighted by Crippen LogP contribution is -2.60. The van der Waals surface area contributed by atoms with Crippen molar-refractivity contribution in [2.24, 2.45) is 0 Å². The maximum atomic E-state index is 12.3. The highest BCUT2D eigenvalue weighted by atomic mass is 16.7. The van der Waals surface area contributed by atoms with E-state index in [1.165, 1.54) is 12.1 Å². The van der Waals surface area contributed by atoms with Crippen LogP contribution >= 0.6 is 0 Å². The van der Waals surface area contributed by atoms with Crippen LogP contribution in [0.4, 0.5) is 0 Å². The molecule has 0 amide bonds. The van der Waals surface area contributed by atoms with Gasteiger partial charge in [0, 0.05) is 0 Å². The van der Waals surface area contributed by atoms with Crippen LogP contribution in [-0.4, -0.2) is 58.0 Å². The van der Waals surface area contributed by atoms with E-state index in [-0.39, 0.29) is 12.2 Å². The van der Waals surface area contributed by atoms with Crippen LogP contribution < -0.4 is 0 Å². The topological polar surface area (TPSA) is 123 Å². The van der Waals surface area contributed by atoms with Gasteiger partial charge in [-0.1, -0.05) is 48.5 Å². The molecule has 1 aliphatic heterocycles. The molecule has 1 aliphatic rings. The summed E-state index contributed by atoms with van der Waals surface area (Å²) in [6.45, 7) is -0.0701. The third kappa shape index (κ3) is 4.55. The molecule has 5 atom stereocenters. The van der Waals surface area contributed by atoms with Crippen LogP contribution in [0.2, 0.25) is 0 Å². The average molecular weight is 388 g/mol. The van der Waals surface area contributed by atoms with E-state index < -0.39 is 42.6 Å². The Hall–Kier alpha value is -2.78. The number of aliphatic hydroxyl groups excluding tert-OH is 3. The quantitative estimate of drug-likeness (QED) is 0.629. The monoisotopic (exact) mass is 388 g/mol. The lowest BCUT2D eigenvalue weighted by atomic mass is 9.99. The van der Waals surface area contributed by atoms with Gasteiger partial charge in [0.25, 0.3) is 0 Å². The van der Waals surface area contributed by atoms with Crippen LogP contribution in [0.25, 0.3) is 0 Å². The van der Waals surface area contributed by atoms with Crippen LogP contribution in [0.15, 0.2) is 60.7 Å². The third-order valence-electron chi connectivity index (χ3n) is 4.26. The molecule has 2 aromatic rings. The normalized spacial score (nSPS) is 27.0. The number of hydrogen-bond acceptors (Lipinski definition) is 8. The van der Waals surface area contributed by atoms with Gasteiger partial charge in [0.05, 0.1) is 5.56 Å². The van der Waals surface area contributed by atoms with Crippen molar-refractivity contribution in [2.75, 3.05) is 0 Å². The van der Waals surface area contributed by atoms with E-state index in [2.05, 4.69) is 0 Å². The molecule has 2 aromatic carbocycles. The fraction of sp³-hybridized carbons (Fsp3) is 0.300. The van der Waals surface area contributed by atoms with Crippen molar-refractivity contribution < 1.29 is 39.1 Å². The Morgan fingerprint density at radius 3 is 2.11 bits per heavy atom. The first-order valence-electron chi connectivity index (χ1n) is 8.63. The number of carbonyl (C=O) groups is 2. The van der Waals surface area contributed by atoms with E-state index in [9.17, 15) is 24.9 Å². The first-order valence-corrected chi connectivity index (χ1v) is 8.63. The number of aliphatic hydroxyl groups is 3. The lowest BCUT2D eigenvalue weighted by Gasteiger charge is -2.38. The second kappa shape index (κ2) is 8.94. The Kier molecular flexibility index (Phi) is 6.37.